The van der Waals surface area contributed by atoms with Crippen LogP contribution in [-0.2, 0) is 13.2 Å². The minimum absolute atomic E-state index is 0.317. The van der Waals surface area contributed by atoms with Gasteiger partial charge in [-0.05, 0) is 13.5 Å². The first kappa shape index (κ1) is 15.0. The zero-order valence-electron chi connectivity index (χ0n) is 11.3. The molecule has 2 aromatic rings. The Bertz CT molecular complexity index is 588. The molecule has 2 heterocycles. The summed E-state index contributed by atoms with van der Waals surface area (Å²) in [6, 6.07) is -0.317. The summed E-state index contributed by atoms with van der Waals surface area (Å²) < 4.78 is 39.6. The molecule has 2 aromatic heterocycles. The molecular weight excluding hydrogens is 289 g/mol. The van der Waals surface area contributed by atoms with Gasteiger partial charge in [0, 0.05) is 29.4 Å². The molecule has 0 aromatic carbocycles. The summed E-state index contributed by atoms with van der Waals surface area (Å²) in [5, 5.41) is 6.50. The number of aromatic nitrogens is 3. The summed E-state index contributed by atoms with van der Waals surface area (Å²) in [6.45, 7) is 4.43. The van der Waals surface area contributed by atoms with Crippen molar-refractivity contribution in [1.82, 2.24) is 20.1 Å². The second kappa shape index (κ2) is 5.53. The molecule has 0 fully saturated rings. The van der Waals surface area contributed by atoms with Crippen LogP contribution in [0.15, 0.2) is 12.4 Å². The van der Waals surface area contributed by atoms with Crippen molar-refractivity contribution >= 4 is 11.3 Å². The van der Waals surface area contributed by atoms with Crippen molar-refractivity contribution in [2.45, 2.75) is 26.1 Å². The van der Waals surface area contributed by atoms with Crippen molar-refractivity contribution in [1.29, 1.82) is 0 Å². The Morgan fingerprint density at radius 3 is 2.55 bits per heavy atom. The van der Waals surface area contributed by atoms with E-state index >= 15 is 0 Å². The van der Waals surface area contributed by atoms with E-state index in [-0.39, 0.29) is 6.04 Å². The third-order valence-corrected chi connectivity index (χ3v) is 4.15. The summed E-state index contributed by atoms with van der Waals surface area (Å²) in [7, 11) is 1.80. The molecule has 0 radical (unpaired) electrons. The highest BCUT2D eigenvalue weighted by molar-refractivity contribution is 7.11. The molecule has 1 unspecified atom stereocenters. The van der Waals surface area contributed by atoms with Crippen LogP contribution in [0.25, 0.3) is 0 Å². The van der Waals surface area contributed by atoms with Crippen LogP contribution < -0.4 is 5.32 Å². The van der Waals surface area contributed by atoms with Gasteiger partial charge in [-0.3, -0.25) is 4.68 Å². The molecule has 0 spiro atoms. The Hall–Kier alpha value is -1.41. The summed E-state index contributed by atoms with van der Waals surface area (Å²) in [4.78, 5) is 4.02. The van der Waals surface area contributed by atoms with Crippen molar-refractivity contribution in [3.8, 4) is 0 Å². The van der Waals surface area contributed by atoms with Gasteiger partial charge in [0.05, 0.1) is 12.2 Å². The Kier molecular flexibility index (Phi) is 4.14. The van der Waals surface area contributed by atoms with Gasteiger partial charge >= 0.3 is 6.18 Å². The van der Waals surface area contributed by atoms with Crippen molar-refractivity contribution in [2.24, 2.45) is 7.05 Å². The van der Waals surface area contributed by atoms with Crippen LogP contribution in [-0.4, -0.2) is 21.3 Å². The smallest absolute Gasteiger partial charge is 0.306 e. The van der Waals surface area contributed by atoms with E-state index in [2.05, 4.69) is 15.4 Å². The topological polar surface area (TPSA) is 42.7 Å². The van der Waals surface area contributed by atoms with Crippen molar-refractivity contribution in [3.05, 3.63) is 33.5 Å². The van der Waals surface area contributed by atoms with Crippen LogP contribution in [0, 0.1) is 6.92 Å². The van der Waals surface area contributed by atoms with E-state index in [1.807, 2.05) is 13.8 Å². The number of halogens is 3. The highest BCUT2D eigenvalue weighted by atomic mass is 32.1. The van der Waals surface area contributed by atoms with Crippen LogP contribution in [0.4, 0.5) is 13.2 Å². The molecule has 4 nitrogen and oxygen atoms in total. The number of hydrogen-bond acceptors (Lipinski definition) is 4. The first-order valence-corrected chi connectivity index (χ1v) is 6.91. The fourth-order valence-electron chi connectivity index (χ4n) is 1.92. The minimum atomic E-state index is -4.40. The average Bonchev–Trinajstić information content (AvgIpc) is 2.96. The molecule has 110 valence electrons. The lowest BCUT2D eigenvalue weighted by Crippen LogP contribution is -2.21. The van der Waals surface area contributed by atoms with Crippen LogP contribution in [0.2, 0.25) is 0 Å². The monoisotopic (exact) mass is 304 g/mol. The zero-order chi connectivity index (χ0) is 14.9. The van der Waals surface area contributed by atoms with Crippen LogP contribution in [0.5, 0.6) is 0 Å². The van der Waals surface area contributed by atoms with Gasteiger partial charge in [-0.1, -0.05) is 6.92 Å². The van der Waals surface area contributed by atoms with Gasteiger partial charge in [0.25, 0.3) is 0 Å². The number of aryl methyl sites for hydroxylation is 1. The number of rotatable bonds is 4. The van der Waals surface area contributed by atoms with Gasteiger partial charge < -0.3 is 5.32 Å². The number of hydrogen-bond donors (Lipinski definition) is 1. The Morgan fingerprint density at radius 2 is 2.10 bits per heavy atom. The minimum Gasteiger partial charge on any atom is -0.306 e. The van der Waals surface area contributed by atoms with Crippen LogP contribution in [0.1, 0.15) is 34.1 Å². The molecular formula is C12H15F3N4S. The fourth-order valence-corrected chi connectivity index (χ4v) is 2.80. The molecule has 2 rings (SSSR count). The van der Waals surface area contributed by atoms with Gasteiger partial charge in [0.15, 0.2) is 5.01 Å². The van der Waals surface area contributed by atoms with E-state index in [4.69, 9.17) is 0 Å². The lowest BCUT2D eigenvalue weighted by Gasteiger charge is -2.15. The first-order chi connectivity index (χ1) is 9.34. The van der Waals surface area contributed by atoms with E-state index in [9.17, 15) is 13.2 Å². The summed E-state index contributed by atoms with van der Waals surface area (Å²) in [5.41, 5.74) is 1.78. The predicted octanol–water partition coefficient (Wildman–Crippen LogP) is 2.90. The van der Waals surface area contributed by atoms with Crippen molar-refractivity contribution in [3.63, 3.8) is 0 Å². The summed E-state index contributed by atoms with van der Waals surface area (Å²) in [5.74, 6) is 0. The molecule has 0 saturated heterocycles. The van der Waals surface area contributed by atoms with E-state index < -0.39 is 11.2 Å². The molecule has 0 amide bonds. The maximum absolute atomic E-state index is 12.6. The molecule has 1 atom stereocenters. The fraction of sp³-hybridized carbons (Fsp3) is 0.500. The lowest BCUT2D eigenvalue weighted by molar-refractivity contribution is -0.137. The number of nitrogens with one attached hydrogen (secondary N) is 1. The second-order valence-corrected chi connectivity index (χ2v) is 5.43. The first-order valence-electron chi connectivity index (χ1n) is 6.09. The summed E-state index contributed by atoms with van der Waals surface area (Å²) in [6.07, 6.45) is -1.44. The molecule has 20 heavy (non-hydrogen) atoms. The quantitative estimate of drug-likeness (QED) is 0.944. The maximum Gasteiger partial charge on any atom is 0.443 e. The molecule has 0 saturated carbocycles. The van der Waals surface area contributed by atoms with Crippen LogP contribution >= 0.6 is 11.3 Å². The Morgan fingerprint density at radius 1 is 1.40 bits per heavy atom. The van der Waals surface area contributed by atoms with Gasteiger partial charge in [-0.2, -0.15) is 18.3 Å². The molecule has 0 aliphatic rings. The largest absolute Gasteiger partial charge is 0.443 e. The van der Waals surface area contributed by atoms with Crippen molar-refractivity contribution in [2.75, 3.05) is 6.54 Å². The van der Waals surface area contributed by atoms with Gasteiger partial charge in [0.2, 0.25) is 0 Å². The number of nitrogens with zero attached hydrogens (tertiary/aromatic N) is 3. The van der Waals surface area contributed by atoms with E-state index in [0.717, 1.165) is 11.3 Å². The number of alkyl halides is 3. The molecule has 1 N–H and O–H groups in total. The van der Waals surface area contributed by atoms with E-state index in [0.29, 0.717) is 22.8 Å². The van der Waals surface area contributed by atoms with Gasteiger partial charge in [0.1, 0.15) is 0 Å². The highest BCUT2D eigenvalue weighted by Crippen LogP contribution is 2.36. The van der Waals surface area contributed by atoms with Crippen LogP contribution in [0.3, 0.4) is 0 Å². The lowest BCUT2D eigenvalue weighted by atomic mass is 10.1. The molecule has 0 bridgehead atoms. The van der Waals surface area contributed by atoms with Gasteiger partial charge in [-0.15, -0.1) is 11.3 Å². The zero-order valence-corrected chi connectivity index (χ0v) is 12.1. The standard InChI is InChI=1S/C12H15F3N4S/c1-4-16-10(8-5-18-19(3)7(8)2)9-6-17-11(20-9)12(13,14)15/h5-6,10,16H,4H2,1-3H3. The van der Waals surface area contributed by atoms with Crippen molar-refractivity contribution < 1.29 is 13.2 Å². The molecule has 0 aliphatic carbocycles. The Balaban J connectivity index is 2.39. The van der Waals surface area contributed by atoms with E-state index in [1.165, 1.54) is 6.20 Å². The number of thiazole rings is 1. The average molecular weight is 304 g/mol. The normalized spacial score (nSPS) is 13.7. The van der Waals surface area contributed by atoms with E-state index in [1.54, 1.807) is 17.9 Å². The summed E-state index contributed by atoms with van der Waals surface area (Å²) >= 11 is 0.665. The maximum atomic E-state index is 12.6. The third-order valence-electron chi connectivity index (χ3n) is 3.04. The molecule has 0 aliphatic heterocycles. The molecule has 8 heteroatoms. The second-order valence-electron chi connectivity index (χ2n) is 4.37. The SMILES string of the molecule is CCNC(c1cnc(C(F)(F)F)s1)c1cnn(C)c1C. The highest BCUT2D eigenvalue weighted by Gasteiger charge is 2.35. The predicted molar refractivity (Wildman–Crippen MR) is 70.6 cm³/mol. The van der Waals surface area contributed by atoms with Gasteiger partial charge in [-0.25, -0.2) is 4.98 Å². The Labute approximate surface area is 118 Å². The third kappa shape index (κ3) is 2.85.